The monoisotopic (exact) mass is 297 g/mol. The second-order valence-corrected chi connectivity index (χ2v) is 5.80. The summed E-state index contributed by atoms with van der Waals surface area (Å²) >= 11 is 1.55. The van der Waals surface area contributed by atoms with Crippen LogP contribution in [0.15, 0.2) is 24.3 Å². The minimum Gasteiger partial charge on any atom is -0.493 e. The summed E-state index contributed by atoms with van der Waals surface area (Å²) in [5.74, 6) is 0.723. The zero-order valence-electron chi connectivity index (χ0n) is 12.3. The highest BCUT2D eigenvalue weighted by Gasteiger charge is 2.17. The number of amides is 1. The van der Waals surface area contributed by atoms with Gasteiger partial charge in [-0.05, 0) is 37.8 Å². The third-order valence-corrected chi connectivity index (χ3v) is 4.18. The maximum atomic E-state index is 11.8. The number of hydrogen-bond donors (Lipinski definition) is 2. The van der Waals surface area contributed by atoms with Crippen molar-refractivity contribution < 1.29 is 14.6 Å². The van der Waals surface area contributed by atoms with Crippen molar-refractivity contribution in [3.63, 3.8) is 0 Å². The van der Waals surface area contributed by atoms with Crippen molar-refractivity contribution in [3.05, 3.63) is 29.8 Å². The van der Waals surface area contributed by atoms with Crippen molar-refractivity contribution in [2.24, 2.45) is 0 Å². The summed E-state index contributed by atoms with van der Waals surface area (Å²) in [7, 11) is 0. The molecule has 112 valence electrons. The first-order valence-corrected chi connectivity index (χ1v) is 7.98. The molecule has 0 saturated carbocycles. The number of rotatable bonds is 8. The molecule has 1 aromatic carbocycles. The van der Waals surface area contributed by atoms with E-state index in [1.165, 1.54) is 0 Å². The van der Waals surface area contributed by atoms with Gasteiger partial charge in [0.15, 0.2) is 0 Å². The molecule has 0 aromatic heterocycles. The molecule has 2 N–H and O–H groups in total. The lowest BCUT2D eigenvalue weighted by Crippen LogP contribution is -2.41. The van der Waals surface area contributed by atoms with Gasteiger partial charge < -0.3 is 15.2 Å². The molecule has 1 amide bonds. The van der Waals surface area contributed by atoms with Crippen LogP contribution in [0.4, 0.5) is 0 Å². The second-order valence-electron chi connectivity index (χ2n) is 4.73. The van der Waals surface area contributed by atoms with E-state index in [4.69, 9.17) is 9.84 Å². The molecule has 0 heterocycles. The third-order valence-electron chi connectivity index (χ3n) is 3.02. The maximum Gasteiger partial charge on any atom is 0.223 e. The Morgan fingerprint density at radius 3 is 2.85 bits per heavy atom. The van der Waals surface area contributed by atoms with E-state index < -0.39 is 0 Å². The van der Waals surface area contributed by atoms with E-state index in [-0.39, 0.29) is 23.8 Å². The molecule has 4 nitrogen and oxygen atoms in total. The second kappa shape index (κ2) is 8.87. The molecular formula is C15H23NO3S. The number of aryl methyl sites for hydroxylation is 1. The number of benzene rings is 1. The summed E-state index contributed by atoms with van der Waals surface area (Å²) in [4.78, 5) is 11.8. The van der Waals surface area contributed by atoms with Crippen LogP contribution in [0.1, 0.15) is 18.9 Å². The Balaban J connectivity index is 2.30. The molecule has 0 aliphatic heterocycles. The smallest absolute Gasteiger partial charge is 0.223 e. The number of ether oxygens (including phenoxy) is 1. The number of hydrogen-bond acceptors (Lipinski definition) is 4. The summed E-state index contributed by atoms with van der Waals surface area (Å²) < 4.78 is 5.54. The molecule has 2 unspecified atom stereocenters. The highest BCUT2D eigenvalue weighted by Crippen LogP contribution is 2.13. The van der Waals surface area contributed by atoms with Gasteiger partial charge >= 0.3 is 0 Å². The molecule has 5 heteroatoms. The van der Waals surface area contributed by atoms with Crippen LogP contribution in [0.25, 0.3) is 0 Å². The van der Waals surface area contributed by atoms with Gasteiger partial charge in [0, 0.05) is 11.3 Å². The Morgan fingerprint density at radius 2 is 2.25 bits per heavy atom. The van der Waals surface area contributed by atoms with Gasteiger partial charge in [-0.1, -0.05) is 12.1 Å². The lowest BCUT2D eigenvalue weighted by molar-refractivity contribution is -0.122. The molecule has 0 bridgehead atoms. The Morgan fingerprint density at radius 1 is 1.50 bits per heavy atom. The molecular weight excluding hydrogens is 274 g/mol. The van der Waals surface area contributed by atoms with Crippen LogP contribution < -0.4 is 10.1 Å². The highest BCUT2D eigenvalue weighted by atomic mass is 32.2. The third kappa shape index (κ3) is 5.84. The number of nitrogens with one attached hydrogen (secondary N) is 1. The average Bonchev–Trinajstić information content (AvgIpc) is 2.40. The summed E-state index contributed by atoms with van der Waals surface area (Å²) in [6.45, 7) is 4.31. The van der Waals surface area contributed by atoms with Crippen molar-refractivity contribution in [2.75, 3.05) is 19.5 Å². The van der Waals surface area contributed by atoms with Crippen LogP contribution >= 0.6 is 11.8 Å². The molecule has 0 fully saturated rings. The fourth-order valence-electron chi connectivity index (χ4n) is 1.82. The zero-order chi connectivity index (χ0) is 15.0. The topological polar surface area (TPSA) is 58.6 Å². The van der Waals surface area contributed by atoms with E-state index in [1.54, 1.807) is 11.8 Å². The van der Waals surface area contributed by atoms with E-state index in [2.05, 4.69) is 5.32 Å². The molecule has 0 aliphatic carbocycles. The fourth-order valence-corrected chi connectivity index (χ4v) is 2.45. The number of carbonyl (C=O) groups is 1. The minimum atomic E-state index is -0.0577. The summed E-state index contributed by atoms with van der Waals surface area (Å²) in [6.07, 6.45) is 2.23. The quantitative estimate of drug-likeness (QED) is 0.770. The Labute approximate surface area is 124 Å². The predicted octanol–water partition coefficient (Wildman–Crippen LogP) is 1.99. The summed E-state index contributed by atoms with van der Waals surface area (Å²) in [5, 5.41) is 12.1. The van der Waals surface area contributed by atoms with Gasteiger partial charge in [0.1, 0.15) is 5.75 Å². The van der Waals surface area contributed by atoms with Crippen LogP contribution in [0.2, 0.25) is 0 Å². The Hall–Kier alpha value is -1.20. The fraction of sp³-hybridized carbons (Fsp3) is 0.533. The van der Waals surface area contributed by atoms with Crippen LogP contribution in [0, 0.1) is 6.92 Å². The summed E-state index contributed by atoms with van der Waals surface area (Å²) in [5.41, 5.74) is 1.13. The van der Waals surface area contributed by atoms with Crippen LogP contribution in [0.3, 0.4) is 0 Å². The lowest BCUT2D eigenvalue weighted by atomic mass is 10.2. The van der Waals surface area contributed by atoms with Crippen LogP contribution in [-0.2, 0) is 4.79 Å². The van der Waals surface area contributed by atoms with E-state index in [0.717, 1.165) is 11.3 Å². The van der Waals surface area contributed by atoms with Gasteiger partial charge in [0.2, 0.25) is 5.91 Å². The van der Waals surface area contributed by atoms with Crippen molar-refractivity contribution in [3.8, 4) is 5.75 Å². The van der Waals surface area contributed by atoms with E-state index >= 15 is 0 Å². The first-order valence-electron chi connectivity index (χ1n) is 6.69. The van der Waals surface area contributed by atoms with Crippen molar-refractivity contribution >= 4 is 17.7 Å². The standard InChI is InChI=1S/C15H23NO3S/c1-11-5-4-6-13(9-11)19-8-7-15(18)16-12(2)14(10-17)20-3/h4-6,9,12,14,17H,7-8,10H2,1-3H3,(H,16,18). The molecule has 2 atom stereocenters. The van der Waals surface area contributed by atoms with E-state index in [9.17, 15) is 4.79 Å². The summed E-state index contributed by atoms with van der Waals surface area (Å²) in [6, 6.07) is 7.69. The average molecular weight is 297 g/mol. The largest absolute Gasteiger partial charge is 0.493 e. The van der Waals surface area contributed by atoms with E-state index in [1.807, 2.05) is 44.4 Å². The lowest BCUT2D eigenvalue weighted by Gasteiger charge is -2.21. The van der Waals surface area contributed by atoms with Gasteiger partial charge in [0.25, 0.3) is 0 Å². The molecule has 0 spiro atoms. The zero-order valence-corrected chi connectivity index (χ0v) is 13.1. The number of aliphatic hydroxyl groups is 1. The highest BCUT2D eigenvalue weighted by molar-refractivity contribution is 7.99. The van der Waals surface area contributed by atoms with Gasteiger partial charge in [-0.25, -0.2) is 0 Å². The van der Waals surface area contributed by atoms with Crippen LogP contribution in [-0.4, -0.2) is 41.8 Å². The molecule has 0 radical (unpaired) electrons. The Kier molecular flexibility index (Phi) is 7.47. The molecule has 1 rings (SSSR count). The van der Waals surface area contributed by atoms with E-state index in [0.29, 0.717) is 13.0 Å². The Bertz CT molecular complexity index is 421. The van der Waals surface area contributed by atoms with Crippen molar-refractivity contribution in [1.29, 1.82) is 0 Å². The molecule has 0 saturated heterocycles. The van der Waals surface area contributed by atoms with Crippen LogP contribution in [0.5, 0.6) is 5.75 Å². The number of carbonyl (C=O) groups excluding carboxylic acids is 1. The number of thioether (sulfide) groups is 1. The van der Waals surface area contributed by atoms with Gasteiger partial charge in [-0.2, -0.15) is 11.8 Å². The minimum absolute atomic E-state index is 0.0247. The van der Waals surface area contributed by atoms with Gasteiger partial charge in [0.05, 0.1) is 19.6 Å². The normalized spacial score (nSPS) is 13.6. The van der Waals surface area contributed by atoms with Crippen molar-refractivity contribution in [1.82, 2.24) is 5.32 Å². The molecule has 1 aromatic rings. The number of aliphatic hydroxyl groups excluding tert-OH is 1. The maximum absolute atomic E-state index is 11.8. The van der Waals surface area contributed by atoms with Gasteiger partial charge in [-0.15, -0.1) is 0 Å². The van der Waals surface area contributed by atoms with Crippen molar-refractivity contribution in [2.45, 2.75) is 31.6 Å². The van der Waals surface area contributed by atoms with Gasteiger partial charge in [-0.3, -0.25) is 4.79 Å². The SMILES string of the molecule is CSC(CO)C(C)NC(=O)CCOc1cccc(C)c1. The molecule has 20 heavy (non-hydrogen) atoms. The molecule has 0 aliphatic rings. The first-order chi connectivity index (χ1) is 9.56. The first kappa shape index (κ1) is 16.9. The predicted molar refractivity (Wildman–Crippen MR) is 83.3 cm³/mol.